The summed E-state index contributed by atoms with van der Waals surface area (Å²) in [4.78, 5) is 9.70. The summed E-state index contributed by atoms with van der Waals surface area (Å²) >= 11 is 0. The van der Waals surface area contributed by atoms with Gasteiger partial charge in [-0.3, -0.25) is 4.90 Å². The van der Waals surface area contributed by atoms with Crippen molar-refractivity contribution in [3.63, 3.8) is 0 Å². The van der Waals surface area contributed by atoms with Crippen molar-refractivity contribution in [2.24, 2.45) is 5.92 Å². The average molecular weight is 354 g/mol. The fourth-order valence-corrected chi connectivity index (χ4v) is 4.59. The van der Waals surface area contributed by atoms with Crippen LogP contribution in [0, 0.1) is 12.8 Å². The van der Waals surface area contributed by atoms with Gasteiger partial charge in [-0.05, 0) is 31.2 Å². The molecule has 5 nitrogen and oxygen atoms in total. The first-order chi connectivity index (χ1) is 12.7. The highest BCUT2D eigenvalue weighted by Gasteiger charge is 2.25. The zero-order valence-electron chi connectivity index (χ0n) is 16.2. The number of hydrogen-bond donors (Lipinski definition) is 1. The summed E-state index contributed by atoms with van der Waals surface area (Å²) in [6, 6.07) is 0. The number of anilines is 1. The fourth-order valence-electron chi connectivity index (χ4n) is 4.59. The van der Waals surface area contributed by atoms with Crippen molar-refractivity contribution in [2.75, 3.05) is 38.5 Å². The Kier molecular flexibility index (Phi) is 4.90. The smallest absolute Gasteiger partial charge is 0.141 e. The molecule has 0 bridgehead atoms. The van der Waals surface area contributed by atoms with Gasteiger partial charge in [0.2, 0.25) is 0 Å². The number of nitrogens with zero attached hydrogens (tertiary/aromatic N) is 4. The zero-order chi connectivity index (χ0) is 18.1. The number of aromatic nitrogens is 2. The fraction of sp³-hybridized carbons (Fsp3) is 0.571. The van der Waals surface area contributed by atoms with E-state index in [0.29, 0.717) is 0 Å². The van der Waals surface area contributed by atoms with Crippen molar-refractivity contribution in [1.82, 2.24) is 19.2 Å². The highest BCUT2D eigenvalue weighted by Crippen LogP contribution is 2.32. The Morgan fingerprint density at radius 1 is 1.23 bits per heavy atom. The normalized spacial score (nSPS) is 19.4. The summed E-state index contributed by atoms with van der Waals surface area (Å²) < 4.78 is 2.13. The number of pyridine rings is 1. The van der Waals surface area contributed by atoms with Crippen LogP contribution < -0.4 is 5.32 Å². The van der Waals surface area contributed by atoms with Crippen LogP contribution in [0.5, 0.6) is 0 Å². The van der Waals surface area contributed by atoms with Crippen LogP contribution in [-0.2, 0) is 6.54 Å². The van der Waals surface area contributed by atoms with Crippen LogP contribution in [0.3, 0.4) is 0 Å². The molecule has 1 aliphatic carbocycles. The quantitative estimate of drug-likeness (QED) is 0.892. The van der Waals surface area contributed by atoms with E-state index in [1.165, 1.54) is 48.2 Å². The minimum Gasteiger partial charge on any atom is -0.387 e. The van der Waals surface area contributed by atoms with E-state index in [1.54, 1.807) is 0 Å². The number of fused-ring (bicyclic) bond motifs is 1. The van der Waals surface area contributed by atoms with Crippen molar-refractivity contribution >= 4 is 11.3 Å². The van der Waals surface area contributed by atoms with Gasteiger partial charge in [-0.1, -0.05) is 19.4 Å². The van der Waals surface area contributed by atoms with Gasteiger partial charge in [-0.25, -0.2) is 4.98 Å². The van der Waals surface area contributed by atoms with Gasteiger partial charge in [0, 0.05) is 69.6 Å². The van der Waals surface area contributed by atoms with Crippen molar-refractivity contribution in [1.29, 1.82) is 0 Å². The highest BCUT2D eigenvalue weighted by atomic mass is 15.3. The average Bonchev–Trinajstić information content (AvgIpc) is 3.35. The van der Waals surface area contributed by atoms with E-state index < -0.39 is 0 Å². The topological polar surface area (TPSA) is 35.8 Å². The summed E-state index contributed by atoms with van der Waals surface area (Å²) in [5.74, 6) is 0.737. The lowest BCUT2D eigenvalue weighted by Gasteiger charge is -2.39. The van der Waals surface area contributed by atoms with E-state index in [-0.39, 0.29) is 0 Å². The molecule has 2 aromatic rings. The van der Waals surface area contributed by atoms with Crippen molar-refractivity contribution in [3.8, 4) is 0 Å². The van der Waals surface area contributed by atoms with Gasteiger partial charge in [0.05, 0.1) is 5.69 Å². The molecule has 0 aromatic carbocycles. The molecule has 2 fully saturated rings. The van der Waals surface area contributed by atoms with Gasteiger partial charge in [0.1, 0.15) is 5.65 Å². The number of allylic oxidation sites excluding steroid dienone is 1. The molecule has 1 saturated carbocycles. The van der Waals surface area contributed by atoms with Crippen LogP contribution in [0.2, 0.25) is 0 Å². The molecule has 26 heavy (non-hydrogen) atoms. The maximum Gasteiger partial charge on any atom is 0.141 e. The second-order valence-corrected chi connectivity index (χ2v) is 7.79. The Labute approximate surface area is 156 Å². The lowest BCUT2D eigenvalue weighted by Crippen LogP contribution is -2.46. The van der Waals surface area contributed by atoms with Gasteiger partial charge < -0.3 is 14.6 Å². The summed E-state index contributed by atoms with van der Waals surface area (Å²) in [6.45, 7) is 12.0. The van der Waals surface area contributed by atoms with Crippen LogP contribution in [0.4, 0.5) is 5.69 Å². The molecule has 3 heterocycles. The Balaban J connectivity index is 1.45. The van der Waals surface area contributed by atoms with E-state index in [4.69, 9.17) is 0 Å². The second kappa shape index (κ2) is 7.31. The lowest BCUT2D eigenvalue weighted by molar-refractivity contribution is 0.143. The number of rotatable bonds is 5. The molecule has 0 amide bonds. The summed E-state index contributed by atoms with van der Waals surface area (Å²) in [7, 11) is 1.99. The van der Waals surface area contributed by atoms with Crippen molar-refractivity contribution in [3.05, 3.63) is 42.0 Å². The van der Waals surface area contributed by atoms with E-state index >= 15 is 0 Å². The standard InChI is InChI=1S/C21H31N5/c1-16-19(21-23-8-9-26(21)15-20(16)22-3)14-24-10-12-25(13-11-24)17(2)18-6-4-5-7-18/h8-9,15,18,22H,2,4-7,10-14H2,1,3H3. The third-order valence-electron chi connectivity index (χ3n) is 6.32. The molecule has 0 spiro atoms. The molecule has 1 aliphatic heterocycles. The van der Waals surface area contributed by atoms with Gasteiger partial charge in [0.25, 0.3) is 0 Å². The third-order valence-corrected chi connectivity index (χ3v) is 6.32. The van der Waals surface area contributed by atoms with Gasteiger partial charge in [-0.2, -0.15) is 0 Å². The molecular formula is C21H31N5. The van der Waals surface area contributed by atoms with Crippen LogP contribution in [0.25, 0.3) is 5.65 Å². The Morgan fingerprint density at radius 2 is 1.96 bits per heavy atom. The summed E-state index contributed by atoms with van der Waals surface area (Å²) in [6.07, 6.45) is 11.5. The number of nitrogens with one attached hydrogen (secondary N) is 1. The van der Waals surface area contributed by atoms with E-state index in [0.717, 1.165) is 44.3 Å². The molecule has 2 aromatic heterocycles. The molecule has 2 aliphatic rings. The first-order valence-electron chi connectivity index (χ1n) is 9.96. The number of imidazole rings is 1. The molecule has 0 radical (unpaired) electrons. The van der Waals surface area contributed by atoms with Crippen LogP contribution in [0.1, 0.15) is 36.8 Å². The molecule has 1 saturated heterocycles. The van der Waals surface area contributed by atoms with Gasteiger partial charge in [-0.15, -0.1) is 0 Å². The summed E-state index contributed by atoms with van der Waals surface area (Å²) in [5.41, 5.74) is 6.30. The minimum atomic E-state index is 0.737. The summed E-state index contributed by atoms with van der Waals surface area (Å²) in [5, 5.41) is 3.32. The van der Waals surface area contributed by atoms with Crippen LogP contribution in [-0.4, -0.2) is 52.4 Å². The molecule has 0 atom stereocenters. The first kappa shape index (κ1) is 17.4. The largest absolute Gasteiger partial charge is 0.387 e. The maximum absolute atomic E-state index is 4.60. The van der Waals surface area contributed by atoms with Crippen LogP contribution in [0.15, 0.2) is 30.9 Å². The van der Waals surface area contributed by atoms with Crippen molar-refractivity contribution in [2.45, 2.75) is 39.2 Å². The minimum absolute atomic E-state index is 0.737. The molecule has 1 N–H and O–H groups in total. The highest BCUT2D eigenvalue weighted by molar-refractivity contribution is 5.62. The Bertz CT molecular complexity index is 779. The van der Waals surface area contributed by atoms with Gasteiger partial charge in [0.15, 0.2) is 0 Å². The number of hydrogen-bond acceptors (Lipinski definition) is 4. The Morgan fingerprint density at radius 3 is 2.65 bits per heavy atom. The molecule has 5 heteroatoms. The monoisotopic (exact) mass is 353 g/mol. The lowest BCUT2D eigenvalue weighted by atomic mass is 10.0. The van der Waals surface area contributed by atoms with Crippen molar-refractivity contribution < 1.29 is 0 Å². The first-order valence-corrected chi connectivity index (χ1v) is 9.96. The molecule has 140 valence electrons. The predicted octanol–water partition coefficient (Wildman–Crippen LogP) is 3.51. The molecule has 4 rings (SSSR count). The SMILES string of the molecule is C=C(C1CCCC1)N1CCN(Cc2c(C)c(NC)cn3ccnc23)CC1. The predicted molar refractivity (Wildman–Crippen MR) is 107 cm³/mol. The maximum atomic E-state index is 4.60. The number of piperazine rings is 1. The van der Waals surface area contributed by atoms with E-state index in [1.807, 2.05) is 19.4 Å². The third kappa shape index (κ3) is 3.20. The molecular weight excluding hydrogens is 322 g/mol. The van der Waals surface area contributed by atoms with E-state index in [2.05, 4.69) is 44.2 Å². The van der Waals surface area contributed by atoms with Gasteiger partial charge >= 0.3 is 0 Å². The zero-order valence-corrected chi connectivity index (χ0v) is 16.2. The van der Waals surface area contributed by atoms with E-state index in [9.17, 15) is 0 Å². The Hall–Kier alpha value is -2.01. The van der Waals surface area contributed by atoms with Crippen LogP contribution >= 0.6 is 0 Å². The molecule has 0 unspecified atom stereocenters. The second-order valence-electron chi connectivity index (χ2n) is 7.79.